The maximum Gasteiger partial charge on any atom is 0.488 e. The topological polar surface area (TPSA) is 149 Å². The van der Waals surface area contributed by atoms with Gasteiger partial charge >= 0.3 is 30.6 Å². The summed E-state index contributed by atoms with van der Waals surface area (Å²) < 4.78 is 93.3. The van der Waals surface area contributed by atoms with E-state index in [-0.39, 0.29) is 18.1 Å². The monoisotopic (exact) mass is 1130 g/mol. The van der Waals surface area contributed by atoms with Gasteiger partial charge in [0.2, 0.25) is 0 Å². The van der Waals surface area contributed by atoms with E-state index in [0.717, 1.165) is 130 Å². The van der Waals surface area contributed by atoms with Crippen LogP contribution in [0.3, 0.4) is 0 Å². The fraction of sp³-hybridized carbons (Fsp3) is 0.182. The predicted molar refractivity (Wildman–Crippen MR) is 329 cm³/mol. The van der Waals surface area contributed by atoms with Crippen LogP contribution in [0.2, 0.25) is 0 Å². The SMILES string of the molecule is CC.CC.CC.CC1c2cccc3c2c2c(c4c5ccccc5ccc34)=NS(=O)(=O)[N+]=21.CC1c2cccc3c2c2c(c4cc5ccccc5cc43)=NS(=O)(=O)[N+]=21.CC1c2cccc3c2c2c(c4ccc5ccccc5c43)=NS(=O)(=O)[N+]=21. The van der Waals surface area contributed by atoms with E-state index in [1.807, 2.05) is 165 Å². The molecule has 0 bridgehead atoms. The van der Waals surface area contributed by atoms with E-state index < -0.39 is 30.6 Å². The lowest BCUT2D eigenvalue weighted by Gasteiger charge is -2.08. The molecule has 12 nitrogen and oxygen atoms in total. The van der Waals surface area contributed by atoms with E-state index in [4.69, 9.17) is 0 Å². The average molecular weight is 1130 g/mol. The van der Waals surface area contributed by atoms with Gasteiger partial charge in [-0.15, -0.1) is 25.3 Å². The molecule has 3 unspecified atom stereocenters. The number of rotatable bonds is 0. The van der Waals surface area contributed by atoms with Crippen molar-refractivity contribution in [3.05, 3.63) is 213 Å². The quantitative estimate of drug-likeness (QED) is 0.0839. The Morgan fingerprint density at radius 1 is 0.296 bits per heavy atom. The minimum Gasteiger partial charge on any atom is -0.141 e. The van der Waals surface area contributed by atoms with Gasteiger partial charge in [0.25, 0.3) is 16.1 Å². The summed E-state index contributed by atoms with van der Waals surface area (Å²) in [5, 5.41) is 23.0. The first-order valence-electron chi connectivity index (χ1n) is 27.7. The molecule has 0 aliphatic carbocycles. The van der Waals surface area contributed by atoms with Crippen LogP contribution in [0.25, 0.3) is 97.0 Å². The van der Waals surface area contributed by atoms with E-state index in [1.54, 1.807) is 0 Å². The molecular formula is C66H57N6O6S3+3. The average Bonchev–Trinajstić information content (AvgIpc) is 2.75. The molecule has 6 aliphatic rings. The highest BCUT2D eigenvalue weighted by Crippen LogP contribution is 2.39. The lowest BCUT2D eigenvalue weighted by molar-refractivity contribution is 0.549. The van der Waals surface area contributed by atoms with Crippen molar-refractivity contribution in [2.24, 2.45) is 13.2 Å². The van der Waals surface area contributed by atoms with Crippen molar-refractivity contribution in [3.63, 3.8) is 0 Å². The van der Waals surface area contributed by atoms with Crippen molar-refractivity contribution < 1.29 is 25.3 Å². The molecule has 3 atom stereocenters. The highest BCUT2D eigenvalue weighted by Gasteiger charge is 2.47. The Kier molecular flexibility index (Phi) is 11.9. The standard InChI is InChI=1S/3C20H13N2O2S.3C2H6/c1-11-14-7-4-8-15-16-9-12-5-2-3-6-13(12)10-17(16)19-20(18(14)15)22(11)25(23,24)21-19;1-11-13-7-4-8-15-17-14-6-3-2-5-12(14)9-10-16(17)19-20(18(13)15)22(11)25(23,24)21-19;1-11-13-7-4-8-15-16-10-9-12-5-2-3-6-14(12)17(16)19-20(18(13)15)22(11)25(23,24)21-19;3*1-2/h3*2-11H,1H3;3*1-2H3/q3*+1;;;. The summed E-state index contributed by atoms with van der Waals surface area (Å²) in [7, 11) is -11.1. The summed E-state index contributed by atoms with van der Waals surface area (Å²) in [6.45, 7) is 17.8. The predicted octanol–water partition coefficient (Wildman–Crippen LogP) is 10.8. The number of hydrogen-bond acceptors (Lipinski definition) is 6. The minimum absolute atomic E-state index is 0.222. The van der Waals surface area contributed by atoms with E-state index in [2.05, 4.69) is 73.9 Å². The van der Waals surface area contributed by atoms with Crippen LogP contribution in [0.1, 0.15) is 97.1 Å². The molecule has 0 saturated heterocycles. The number of benzene rings is 12. The van der Waals surface area contributed by atoms with E-state index >= 15 is 0 Å². The van der Waals surface area contributed by atoms with E-state index in [0.29, 0.717) is 16.1 Å². The first-order chi connectivity index (χ1) is 39.2. The second-order valence-electron chi connectivity index (χ2n) is 20.2. The third-order valence-corrected chi connectivity index (χ3v) is 20.7. The summed E-state index contributed by atoms with van der Waals surface area (Å²) >= 11 is 0. The van der Waals surface area contributed by atoms with Gasteiger partial charge in [-0.1, -0.05) is 218 Å². The first kappa shape index (κ1) is 52.0. The number of hydrogen-bond donors (Lipinski definition) is 0. The molecule has 0 amide bonds. The molecule has 0 radical (unpaired) electrons. The molecule has 0 saturated carbocycles. The third kappa shape index (κ3) is 7.07. The van der Waals surface area contributed by atoms with Gasteiger partial charge < -0.3 is 0 Å². The largest absolute Gasteiger partial charge is 0.488 e. The zero-order valence-corrected chi connectivity index (χ0v) is 48.6. The van der Waals surface area contributed by atoms with Crippen LogP contribution in [-0.2, 0) is 30.6 Å². The molecule has 6 heterocycles. The first-order valence-corrected chi connectivity index (χ1v) is 31.9. The van der Waals surface area contributed by atoms with Crippen LogP contribution in [0, 0.1) is 0 Å². The van der Waals surface area contributed by atoms with Crippen LogP contribution in [0.5, 0.6) is 0 Å². The van der Waals surface area contributed by atoms with Crippen LogP contribution >= 0.6 is 0 Å². The zero-order chi connectivity index (χ0) is 56.8. The van der Waals surface area contributed by atoms with Crippen molar-refractivity contribution in [2.75, 3.05) is 0 Å². The molecule has 12 aromatic rings. The minimum atomic E-state index is -3.70. The lowest BCUT2D eigenvalue weighted by atomic mass is 9.93. The highest BCUT2D eigenvalue weighted by molar-refractivity contribution is 7.89. The molecule has 0 aromatic heterocycles. The Morgan fingerprint density at radius 3 is 1.12 bits per heavy atom. The van der Waals surface area contributed by atoms with Crippen molar-refractivity contribution in [1.29, 1.82) is 0 Å². The van der Waals surface area contributed by atoms with Gasteiger partial charge in [0.1, 0.15) is 0 Å². The van der Waals surface area contributed by atoms with Gasteiger partial charge in [0, 0.05) is 59.0 Å². The Bertz CT molecular complexity index is 5560. The fourth-order valence-electron chi connectivity index (χ4n) is 13.4. The van der Waals surface area contributed by atoms with Crippen molar-refractivity contribution >= 4 is 128 Å². The van der Waals surface area contributed by atoms with Gasteiger partial charge in [0.05, 0.1) is 16.2 Å². The maximum absolute atomic E-state index is 12.8. The molecule has 15 heteroatoms. The Morgan fingerprint density at radius 2 is 0.630 bits per heavy atom. The molecule has 12 aromatic carbocycles. The highest BCUT2D eigenvalue weighted by atomic mass is 32.2. The van der Waals surface area contributed by atoms with Gasteiger partial charge in [-0.3, -0.25) is 0 Å². The summed E-state index contributed by atoms with van der Waals surface area (Å²) in [5.74, 6) is 0. The number of fused-ring (bicyclic) bond motifs is 14. The van der Waals surface area contributed by atoms with Gasteiger partial charge in [-0.05, 0) is 71.4 Å². The normalized spacial score (nSPS) is 18.6. The summed E-state index contributed by atoms with van der Waals surface area (Å²) in [6.07, 6.45) is 0. The molecule has 0 spiro atoms. The molecule has 402 valence electrons. The summed E-state index contributed by atoms with van der Waals surface area (Å²) in [4.78, 5) is 0. The zero-order valence-electron chi connectivity index (χ0n) is 46.2. The molecular weight excluding hydrogens is 1070 g/mol. The van der Waals surface area contributed by atoms with Crippen molar-refractivity contribution in [3.8, 4) is 0 Å². The third-order valence-electron chi connectivity index (χ3n) is 16.4. The van der Waals surface area contributed by atoms with Gasteiger partial charge in [-0.25, -0.2) is 0 Å². The molecule has 81 heavy (non-hydrogen) atoms. The van der Waals surface area contributed by atoms with Gasteiger partial charge in [-0.2, -0.15) is 0 Å². The molecule has 0 fully saturated rings. The van der Waals surface area contributed by atoms with Crippen LogP contribution in [0.15, 0.2) is 177 Å². The van der Waals surface area contributed by atoms with Crippen LogP contribution in [-0.4, -0.2) is 25.3 Å². The Labute approximate surface area is 468 Å². The van der Waals surface area contributed by atoms with Crippen molar-refractivity contribution in [2.45, 2.75) is 80.4 Å². The number of nitrogens with zero attached hydrogens (tertiary/aromatic N) is 6. The summed E-state index contributed by atoms with van der Waals surface area (Å²) in [6, 6.07) is 54.6. The lowest BCUT2D eigenvalue weighted by Crippen LogP contribution is -2.33. The smallest absolute Gasteiger partial charge is 0.141 e. The fourth-order valence-corrected chi connectivity index (χ4v) is 17.7. The maximum atomic E-state index is 12.8. The van der Waals surface area contributed by atoms with E-state index in [9.17, 15) is 25.3 Å². The second kappa shape index (κ2) is 18.6. The molecule has 6 aliphatic heterocycles. The summed E-state index contributed by atoms with van der Waals surface area (Å²) in [5.41, 5.74) is 3.17. The second-order valence-corrected chi connectivity index (χ2v) is 24.6. The van der Waals surface area contributed by atoms with Crippen molar-refractivity contribution in [1.82, 2.24) is 11.9 Å². The molecule has 18 rings (SSSR count). The Balaban J connectivity index is 0.000000109. The van der Waals surface area contributed by atoms with E-state index in [1.165, 1.54) is 11.9 Å². The Hall–Kier alpha value is -8.37. The van der Waals surface area contributed by atoms with Gasteiger partial charge in [0.15, 0.2) is 34.2 Å². The van der Waals surface area contributed by atoms with Crippen LogP contribution in [0.4, 0.5) is 0 Å². The molecule has 0 N–H and O–H groups in total. The van der Waals surface area contributed by atoms with Crippen LogP contribution < -0.4 is 44.1 Å².